The summed E-state index contributed by atoms with van der Waals surface area (Å²) in [4.78, 5) is 16.5. The van der Waals surface area contributed by atoms with Crippen LogP contribution in [0.1, 0.15) is 15.9 Å². The Morgan fingerprint density at radius 3 is 2.44 bits per heavy atom. The van der Waals surface area contributed by atoms with Gasteiger partial charge in [-0.3, -0.25) is 4.79 Å². The minimum Gasteiger partial charge on any atom is -0.366 e. The predicted octanol–water partition coefficient (Wildman–Crippen LogP) is 5.25. The third-order valence-corrected chi connectivity index (χ3v) is 3.98. The third-order valence-electron chi connectivity index (χ3n) is 3.50. The van der Waals surface area contributed by atoms with Crippen LogP contribution in [-0.2, 0) is 6.54 Å². The van der Waals surface area contributed by atoms with Crippen LogP contribution in [0.4, 0.5) is 11.5 Å². The molecule has 1 heterocycles. The molecule has 1 amide bonds. The Labute approximate surface area is 155 Å². The fraction of sp³-hybridized carbons (Fsp3) is 0.0526. The van der Waals surface area contributed by atoms with Gasteiger partial charge in [0, 0.05) is 22.2 Å². The van der Waals surface area contributed by atoms with E-state index in [0.29, 0.717) is 27.8 Å². The van der Waals surface area contributed by atoms with Crippen molar-refractivity contribution >= 4 is 40.6 Å². The first-order valence-electron chi connectivity index (χ1n) is 7.61. The first-order valence-corrected chi connectivity index (χ1v) is 8.37. The highest BCUT2D eigenvalue weighted by Gasteiger charge is 2.06. The molecule has 25 heavy (non-hydrogen) atoms. The van der Waals surface area contributed by atoms with Gasteiger partial charge in [-0.15, -0.1) is 0 Å². The lowest BCUT2D eigenvalue weighted by molar-refractivity contribution is 0.102. The van der Waals surface area contributed by atoms with Crippen LogP contribution < -0.4 is 10.6 Å². The van der Waals surface area contributed by atoms with E-state index in [4.69, 9.17) is 23.2 Å². The predicted molar refractivity (Wildman–Crippen MR) is 102 cm³/mol. The van der Waals surface area contributed by atoms with Crippen molar-refractivity contribution in [2.45, 2.75) is 6.54 Å². The molecule has 0 aliphatic heterocycles. The summed E-state index contributed by atoms with van der Waals surface area (Å²) in [6.07, 6.45) is 1.60. The zero-order valence-electron chi connectivity index (χ0n) is 13.2. The molecule has 0 bridgehead atoms. The number of nitrogens with one attached hydrogen (secondary N) is 2. The molecule has 0 fully saturated rings. The summed E-state index contributed by atoms with van der Waals surface area (Å²) in [7, 11) is 0. The second-order valence-corrected chi connectivity index (χ2v) is 6.25. The summed E-state index contributed by atoms with van der Waals surface area (Å²) in [5, 5.41) is 7.24. The molecule has 0 radical (unpaired) electrons. The van der Waals surface area contributed by atoms with Crippen LogP contribution >= 0.6 is 23.2 Å². The lowest BCUT2D eigenvalue weighted by atomic mass is 10.2. The second-order valence-electron chi connectivity index (χ2n) is 5.38. The lowest BCUT2D eigenvalue weighted by Gasteiger charge is -2.08. The van der Waals surface area contributed by atoms with Crippen LogP contribution in [0.15, 0.2) is 66.9 Å². The quantitative estimate of drug-likeness (QED) is 0.643. The number of pyridine rings is 1. The molecule has 6 heteroatoms. The average molecular weight is 372 g/mol. The van der Waals surface area contributed by atoms with E-state index in [0.717, 1.165) is 11.4 Å². The molecule has 0 saturated carbocycles. The Morgan fingerprint density at radius 2 is 1.76 bits per heavy atom. The van der Waals surface area contributed by atoms with E-state index < -0.39 is 0 Å². The standard InChI is InChI=1S/C19H15Cl2N3O/c20-15-6-4-13(5-7-15)11-22-18-9-8-17(12-23-18)24-19(25)14-2-1-3-16(21)10-14/h1-10,12H,11H2,(H,22,23)(H,24,25). The minimum absolute atomic E-state index is 0.230. The number of aromatic nitrogens is 1. The van der Waals surface area contributed by atoms with Crippen LogP contribution in [0.2, 0.25) is 10.0 Å². The summed E-state index contributed by atoms with van der Waals surface area (Å²) in [5.74, 6) is 0.488. The topological polar surface area (TPSA) is 54.0 Å². The SMILES string of the molecule is O=C(Nc1ccc(NCc2ccc(Cl)cc2)nc1)c1cccc(Cl)c1. The van der Waals surface area contributed by atoms with Crippen molar-refractivity contribution in [1.29, 1.82) is 0 Å². The van der Waals surface area contributed by atoms with Crippen molar-refractivity contribution in [3.8, 4) is 0 Å². The summed E-state index contributed by atoms with van der Waals surface area (Å²) in [5.41, 5.74) is 2.21. The van der Waals surface area contributed by atoms with E-state index >= 15 is 0 Å². The highest BCUT2D eigenvalue weighted by molar-refractivity contribution is 6.31. The Hall–Kier alpha value is -2.56. The number of nitrogens with zero attached hydrogens (tertiary/aromatic N) is 1. The third kappa shape index (κ3) is 4.95. The van der Waals surface area contributed by atoms with Crippen molar-refractivity contribution in [3.05, 3.63) is 88.0 Å². The number of hydrogen-bond acceptors (Lipinski definition) is 3. The molecule has 2 N–H and O–H groups in total. The van der Waals surface area contributed by atoms with Crippen molar-refractivity contribution < 1.29 is 4.79 Å². The Morgan fingerprint density at radius 1 is 0.960 bits per heavy atom. The number of carbonyl (C=O) groups is 1. The fourth-order valence-electron chi connectivity index (χ4n) is 2.20. The Kier molecular flexibility index (Phi) is 5.53. The van der Waals surface area contributed by atoms with Gasteiger partial charge in [-0.05, 0) is 48.0 Å². The highest BCUT2D eigenvalue weighted by Crippen LogP contribution is 2.15. The second kappa shape index (κ2) is 8.01. The number of rotatable bonds is 5. The number of anilines is 2. The number of halogens is 2. The van der Waals surface area contributed by atoms with Crippen molar-refractivity contribution in [2.24, 2.45) is 0 Å². The minimum atomic E-state index is -0.230. The van der Waals surface area contributed by atoms with Crippen molar-refractivity contribution in [1.82, 2.24) is 4.98 Å². The van der Waals surface area contributed by atoms with Gasteiger partial charge in [0.05, 0.1) is 11.9 Å². The Bertz CT molecular complexity index is 865. The molecule has 0 atom stereocenters. The smallest absolute Gasteiger partial charge is 0.255 e. The first kappa shape index (κ1) is 17.3. The molecule has 0 saturated heterocycles. The Balaban J connectivity index is 1.58. The van der Waals surface area contributed by atoms with Gasteiger partial charge < -0.3 is 10.6 Å². The summed E-state index contributed by atoms with van der Waals surface area (Å²) in [6, 6.07) is 18.0. The van der Waals surface area contributed by atoms with E-state index in [1.807, 2.05) is 30.3 Å². The summed E-state index contributed by atoms with van der Waals surface area (Å²) >= 11 is 11.8. The number of benzene rings is 2. The lowest BCUT2D eigenvalue weighted by Crippen LogP contribution is -2.12. The maximum absolute atomic E-state index is 12.2. The van der Waals surface area contributed by atoms with Crippen molar-refractivity contribution in [2.75, 3.05) is 10.6 Å². The maximum atomic E-state index is 12.2. The molecule has 0 spiro atoms. The number of carbonyl (C=O) groups excluding carboxylic acids is 1. The van der Waals surface area contributed by atoms with E-state index in [-0.39, 0.29) is 5.91 Å². The van der Waals surface area contributed by atoms with Crippen LogP contribution in [-0.4, -0.2) is 10.9 Å². The molecule has 4 nitrogen and oxygen atoms in total. The zero-order valence-corrected chi connectivity index (χ0v) is 14.7. The molecule has 0 aliphatic rings. The highest BCUT2D eigenvalue weighted by atomic mass is 35.5. The van der Waals surface area contributed by atoms with Gasteiger partial charge in [0.1, 0.15) is 5.82 Å². The van der Waals surface area contributed by atoms with Crippen LogP contribution in [0.3, 0.4) is 0 Å². The van der Waals surface area contributed by atoms with Crippen LogP contribution in [0, 0.1) is 0 Å². The van der Waals surface area contributed by atoms with Gasteiger partial charge in [-0.1, -0.05) is 41.4 Å². The van der Waals surface area contributed by atoms with Crippen molar-refractivity contribution in [3.63, 3.8) is 0 Å². The van der Waals surface area contributed by atoms with Gasteiger partial charge in [0.15, 0.2) is 0 Å². The molecule has 3 rings (SSSR count). The summed E-state index contributed by atoms with van der Waals surface area (Å²) in [6.45, 7) is 0.637. The molecule has 3 aromatic rings. The average Bonchev–Trinajstić information content (AvgIpc) is 2.62. The van der Waals surface area contributed by atoms with E-state index in [9.17, 15) is 4.79 Å². The molecule has 126 valence electrons. The fourth-order valence-corrected chi connectivity index (χ4v) is 2.52. The van der Waals surface area contributed by atoms with E-state index in [2.05, 4.69) is 15.6 Å². The molecule has 0 unspecified atom stereocenters. The van der Waals surface area contributed by atoms with Gasteiger partial charge in [0.25, 0.3) is 5.91 Å². The number of hydrogen-bond donors (Lipinski definition) is 2. The molecule has 0 aliphatic carbocycles. The largest absolute Gasteiger partial charge is 0.366 e. The zero-order chi connectivity index (χ0) is 17.6. The maximum Gasteiger partial charge on any atom is 0.255 e. The van der Waals surface area contributed by atoms with Crippen LogP contribution in [0.25, 0.3) is 0 Å². The number of amides is 1. The van der Waals surface area contributed by atoms with Gasteiger partial charge in [0.2, 0.25) is 0 Å². The van der Waals surface area contributed by atoms with Gasteiger partial charge >= 0.3 is 0 Å². The van der Waals surface area contributed by atoms with E-state index in [1.54, 1.807) is 36.5 Å². The van der Waals surface area contributed by atoms with E-state index in [1.165, 1.54) is 0 Å². The van der Waals surface area contributed by atoms with Gasteiger partial charge in [-0.2, -0.15) is 0 Å². The van der Waals surface area contributed by atoms with Crippen LogP contribution in [0.5, 0.6) is 0 Å². The molecular formula is C19H15Cl2N3O. The first-order chi connectivity index (χ1) is 12.1. The summed E-state index contributed by atoms with van der Waals surface area (Å²) < 4.78 is 0. The monoisotopic (exact) mass is 371 g/mol. The molecular weight excluding hydrogens is 357 g/mol. The normalized spacial score (nSPS) is 10.3. The molecule has 2 aromatic carbocycles. The van der Waals surface area contributed by atoms with Gasteiger partial charge in [-0.25, -0.2) is 4.98 Å². The molecule has 1 aromatic heterocycles.